The highest BCUT2D eigenvalue weighted by Crippen LogP contribution is 2.38. The van der Waals surface area contributed by atoms with Gasteiger partial charge in [0.1, 0.15) is 0 Å². The molecule has 0 aliphatic rings. The summed E-state index contributed by atoms with van der Waals surface area (Å²) in [6.45, 7) is 0.539. The van der Waals surface area contributed by atoms with Gasteiger partial charge in [-0.1, -0.05) is 0 Å². The monoisotopic (exact) mass is 322 g/mol. The molecule has 0 saturated carbocycles. The number of hydrogen-bond donors (Lipinski definition) is 1. The summed E-state index contributed by atoms with van der Waals surface area (Å²) in [6, 6.07) is 3.26. The Balaban J connectivity index is 2.08. The van der Waals surface area contributed by atoms with Crippen LogP contribution in [0.5, 0.6) is 17.2 Å². The number of hydrogen-bond acceptors (Lipinski definition) is 6. The van der Waals surface area contributed by atoms with Crippen molar-refractivity contribution in [2.45, 2.75) is 6.42 Å². The van der Waals surface area contributed by atoms with Gasteiger partial charge in [0.05, 0.1) is 26.8 Å². The lowest BCUT2D eigenvalue weighted by Gasteiger charge is -2.14. The molecule has 2 rings (SSSR count). The number of benzene rings is 1. The minimum atomic E-state index is -0.191. The molecule has 22 heavy (non-hydrogen) atoms. The highest BCUT2D eigenvalue weighted by molar-refractivity contribution is 7.09. The zero-order valence-electron chi connectivity index (χ0n) is 12.7. The van der Waals surface area contributed by atoms with Gasteiger partial charge in [-0.2, -0.15) is 0 Å². The van der Waals surface area contributed by atoms with Crippen LogP contribution in [-0.4, -0.2) is 38.8 Å². The summed E-state index contributed by atoms with van der Waals surface area (Å²) in [4.78, 5) is 17.4. The van der Waals surface area contributed by atoms with E-state index in [1.54, 1.807) is 35.2 Å². The maximum atomic E-state index is 12.2. The standard InChI is InChI=1S/C15H18N2O4S/c1-19-12-6-10(7-13(20-2)14(12)21-3)15(18)17-5-4-11-8-16-9-22-11/h6-9H,4-5H2,1-3H3,(H,17,18). The van der Waals surface area contributed by atoms with Crippen molar-refractivity contribution in [2.75, 3.05) is 27.9 Å². The molecule has 0 aliphatic carbocycles. The molecule has 1 aromatic carbocycles. The van der Waals surface area contributed by atoms with Gasteiger partial charge in [-0.3, -0.25) is 9.78 Å². The van der Waals surface area contributed by atoms with Gasteiger partial charge in [-0.05, 0) is 12.1 Å². The summed E-state index contributed by atoms with van der Waals surface area (Å²) in [7, 11) is 4.56. The Kier molecular flexibility index (Phi) is 5.60. The number of ether oxygens (including phenoxy) is 3. The molecule has 1 N–H and O–H groups in total. The maximum Gasteiger partial charge on any atom is 0.251 e. The highest BCUT2D eigenvalue weighted by atomic mass is 32.1. The first kappa shape index (κ1) is 16.1. The molecule has 0 saturated heterocycles. The molecular formula is C15H18N2O4S. The lowest BCUT2D eigenvalue weighted by atomic mass is 10.1. The number of carbonyl (C=O) groups excluding carboxylic acids is 1. The second kappa shape index (κ2) is 7.65. The first-order valence-corrected chi connectivity index (χ1v) is 7.53. The van der Waals surface area contributed by atoms with Crippen molar-refractivity contribution in [2.24, 2.45) is 0 Å². The Morgan fingerprint density at radius 2 is 1.86 bits per heavy atom. The SMILES string of the molecule is COc1cc(C(=O)NCCc2cncs2)cc(OC)c1OC. The molecule has 0 aliphatic heterocycles. The number of carbonyl (C=O) groups is 1. The van der Waals surface area contributed by atoms with Gasteiger partial charge in [0, 0.05) is 29.6 Å². The molecule has 7 heteroatoms. The summed E-state index contributed by atoms with van der Waals surface area (Å²) >= 11 is 1.57. The highest BCUT2D eigenvalue weighted by Gasteiger charge is 2.16. The third-order valence-corrected chi connectivity index (χ3v) is 3.91. The van der Waals surface area contributed by atoms with E-state index in [0.29, 0.717) is 29.4 Å². The fraction of sp³-hybridized carbons (Fsp3) is 0.333. The van der Waals surface area contributed by atoms with Gasteiger partial charge < -0.3 is 19.5 Å². The molecule has 0 bridgehead atoms. The van der Waals surface area contributed by atoms with E-state index in [4.69, 9.17) is 14.2 Å². The van der Waals surface area contributed by atoms with Crippen molar-refractivity contribution in [1.29, 1.82) is 0 Å². The lowest BCUT2D eigenvalue weighted by Crippen LogP contribution is -2.25. The number of methoxy groups -OCH3 is 3. The average Bonchev–Trinajstić information content (AvgIpc) is 3.06. The molecule has 0 unspecified atom stereocenters. The quantitative estimate of drug-likeness (QED) is 0.846. The van der Waals surface area contributed by atoms with Crippen molar-refractivity contribution >= 4 is 17.2 Å². The number of nitrogens with zero attached hydrogens (tertiary/aromatic N) is 1. The second-order valence-corrected chi connectivity index (χ2v) is 5.36. The van der Waals surface area contributed by atoms with Gasteiger partial charge >= 0.3 is 0 Å². The fourth-order valence-corrected chi connectivity index (χ4v) is 2.58. The molecule has 6 nitrogen and oxygen atoms in total. The first-order valence-electron chi connectivity index (χ1n) is 6.65. The summed E-state index contributed by atoms with van der Waals surface area (Å²) in [5.74, 6) is 1.18. The third kappa shape index (κ3) is 3.67. The second-order valence-electron chi connectivity index (χ2n) is 4.39. The number of thiazole rings is 1. The van der Waals surface area contributed by atoms with E-state index in [0.717, 1.165) is 11.3 Å². The first-order chi connectivity index (χ1) is 10.7. The number of amides is 1. The summed E-state index contributed by atoms with van der Waals surface area (Å²) < 4.78 is 15.7. The molecule has 0 spiro atoms. The fourth-order valence-electron chi connectivity index (χ4n) is 1.98. The molecule has 2 aromatic rings. The van der Waals surface area contributed by atoms with E-state index in [-0.39, 0.29) is 5.91 Å². The van der Waals surface area contributed by atoms with Crippen LogP contribution < -0.4 is 19.5 Å². The van der Waals surface area contributed by atoms with Crippen LogP contribution in [0.2, 0.25) is 0 Å². The van der Waals surface area contributed by atoms with Gasteiger partial charge in [0.2, 0.25) is 5.75 Å². The van der Waals surface area contributed by atoms with Gasteiger partial charge in [0.25, 0.3) is 5.91 Å². The Labute approximate surface area is 133 Å². The molecule has 1 heterocycles. The third-order valence-electron chi connectivity index (χ3n) is 3.07. The molecule has 1 aromatic heterocycles. The Morgan fingerprint density at radius 1 is 1.18 bits per heavy atom. The largest absolute Gasteiger partial charge is 0.493 e. The number of nitrogens with one attached hydrogen (secondary N) is 1. The molecule has 1 amide bonds. The molecule has 0 radical (unpaired) electrons. The minimum absolute atomic E-state index is 0.191. The van der Waals surface area contributed by atoms with Crippen LogP contribution in [0.1, 0.15) is 15.2 Å². The van der Waals surface area contributed by atoms with E-state index in [1.807, 2.05) is 0 Å². The zero-order chi connectivity index (χ0) is 15.9. The molecular weight excluding hydrogens is 304 g/mol. The Bertz CT molecular complexity index is 603. The molecule has 0 atom stereocenters. The van der Waals surface area contributed by atoms with Crippen LogP contribution in [0.3, 0.4) is 0 Å². The van der Waals surface area contributed by atoms with Crippen LogP contribution in [0, 0.1) is 0 Å². The Morgan fingerprint density at radius 3 is 2.36 bits per heavy atom. The summed E-state index contributed by atoms with van der Waals surface area (Å²) in [6.07, 6.45) is 2.55. The van der Waals surface area contributed by atoms with Crippen LogP contribution >= 0.6 is 11.3 Å². The van der Waals surface area contributed by atoms with Crippen LogP contribution in [0.4, 0.5) is 0 Å². The van der Waals surface area contributed by atoms with E-state index in [9.17, 15) is 4.79 Å². The predicted octanol–water partition coefficient (Wildman–Crippen LogP) is 2.14. The predicted molar refractivity (Wildman–Crippen MR) is 84.2 cm³/mol. The summed E-state index contributed by atoms with van der Waals surface area (Å²) in [5, 5.41) is 2.87. The van der Waals surface area contributed by atoms with Gasteiger partial charge in [0.15, 0.2) is 11.5 Å². The van der Waals surface area contributed by atoms with Crippen molar-refractivity contribution in [1.82, 2.24) is 10.3 Å². The average molecular weight is 322 g/mol. The van der Waals surface area contributed by atoms with Crippen LogP contribution in [-0.2, 0) is 6.42 Å². The number of aromatic nitrogens is 1. The molecule has 118 valence electrons. The van der Waals surface area contributed by atoms with E-state index in [2.05, 4.69) is 10.3 Å². The van der Waals surface area contributed by atoms with Crippen molar-refractivity contribution in [3.8, 4) is 17.2 Å². The van der Waals surface area contributed by atoms with Crippen LogP contribution in [0.25, 0.3) is 0 Å². The van der Waals surface area contributed by atoms with Gasteiger partial charge in [-0.25, -0.2) is 0 Å². The van der Waals surface area contributed by atoms with Crippen molar-refractivity contribution in [3.63, 3.8) is 0 Å². The number of rotatable bonds is 7. The van der Waals surface area contributed by atoms with Crippen molar-refractivity contribution < 1.29 is 19.0 Å². The van der Waals surface area contributed by atoms with E-state index >= 15 is 0 Å². The van der Waals surface area contributed by atoms with E-state index < -0.39 is 0 Å². The zero-order valence-corrected chi connectivity index (χ0v) is 13.5. The van der Waals surface area contributed by atoms with Crippen LogP contribution in [0.15, 0.2) is 23.8 Å². The molecule has 0 fully saturated rings. The minimum Gasteiger partial charge on any atom is -0.493 e. The smallest absolute Gasteiger partial charge is 0.251 e. The maximum absolute atomic E-state index is 12.2. The summed E-state index contributed by atoms with van der Waals surface area (Å²) in [5.41, 5.74) is 2.23. The van der Waals surface area contributed by atoms with Gasteiger partial charge in [-0.15, -0.1) is 11.3 Å². The Hall–Kier alpha value is -2.28. The van der Waals surface area contributed by atoms with E-state index in [1.165, 1.54) is 21.3 Å². The lowest BCUT2D eigenvalue weighted by molar-refractivity contribution is 0.0953. The normalized spacial score (nSPS) is 10.1. The topological polar surface area (TPSA) is 69.7 Å². The van der Waals surface area contributed by atoms with Crippen molar-refractivity contribution in [3.05, 3.63) is 34.3 Å².